The molecule has 0 unspecified atom stereocenters. The highest BCUT2D eigenvalue weighted by Crippen LogP contribution is 2.19. The summed E-state index contributed by atoms with van der Waals surface area (Å²) in [6, 6.07) is 19.7. The highest BCUT2D eigenvalue weighted by molar-refractivity contribution is 5.89. The highest BCUT2D eigenvalue weighted by atomic mass is 16.5. The Balaban J connectivity index is 1.25. The normalized spacial score (nSPS) is 14.1. The molecule has 1 N–H and O–H groups in total. The minimum atomic E-state index is -0.0782. The molecule has 0 radical (unpaired) electrons. The van der Waals surface area contributed by atoms with Crippen molar-refractivity contribution in [3.05, 3.63) is 84.2 Å². The zero-order valence-electron chi connectivity index (χ0n) is 18.2. The SMILES string of the molecule is COc1cccc(COc2cccc(CN3CCN(C(=O)Nc4cccnc4)CC3)c2)c1. The van der Waals surface area contributed by atoms with Crippen LogP contribution < -0.4 is 14.8 Å². The molecule has 7 heteroatoms. The van der Waals surface area contributed by atoms with Gasteiger partial charge < -0.3 is 19.7 Å². The van der Waals surface area contributed by atoms with E-state index < -0.39 is 0 Å². The molecule has 1 saturated heterocycles. The van der Waals surface area contributed by atoms with Gasteiger partial charge in [-0.3, -0.25) is 9.88 Å². The summed E-state index contributed by atoms with van der Waals surface area (Å²) in [7, 11) is 1.66. The Hall–Kier alpha value is -3.58. The first-order chi connectivity index (χ1) is 15.7. The van der Waals surface area contributed by atoms with E-state index >= 15 is 0 Å². The van der Waals surface area contributed by atoms with E-state index in [4.69, 9.17) is 9.47 Å². The highest BCUT2D eigenvalue weighted by Gasteiger charge is 2.21. The monoisotopic (exact) mass is 432 g/mol. The third-order valence-corrected chi connectivity index (χ3v) is 5.42. The van der Waals surface area contributed by atoms with Crippen LogP contribution in [-0.2, 0) is 13.2 Å². The molecule has 1 aliphatic rings. The van der Waals surface area contributed by atoms with Gasteiger partial charge in [0, 0.05) is 38.9 Å². The summed E-state index contributed by atoms with van der Waals surface area (Å²) in [5.74, 6) is 1.67. The number of carbonyl (C=O) groups is 1. The first-order valence-electron chi connectivity index (χ1n) is 10.7. The van der Waals surface area contributed by atoms with Crippen LogP contribution in [0.15, 0.2) is 73.1 Å². The molecule has 166 valence electrons. The van der Waals surface area contributed by atoms with Crippen molar-refractivity contribution in [1.82, 2.24) is 14.8 Å². The second-order valence-corrected chi connectivity index (χ2v) is 7.72. The Morgan fingerprint density at radius 2 is 1.72 bits per heavy atom. The standard InChI is InChI=1S/C25H28N4O3/c1-31-23-8-3-6-21(16-23)19-32-24-9-2-5-20(15-24)18-28-11-13-29(14-12-28)25(30)27-22-7-4-10-26-17-22/h2-10,15-17H,11-14,18-19H2,1H3,(H,27,30). The topological polar surface area (TPSA) is 66.9 Å². The molecule has 3 aromatic rings. The van der Waals surface area contributed by atoms with Crippen LogP contribution in [0, 0.1) is 0 Å². The number of hydrogen-bond donors (Lipinski definition) is 1. The molecule has 0 aliphatic carbocycles. The molecule has 0 saturated carbocycles. The van der Waals surface area contributed by atoms with Crippen molar-refractivity contribution >= 4 is 11.7 Å². The summed E-state index contributed by atoms with van der Waals surface area (Å²) in [5.41, 5.74) is 2.97. The molecule has 1 fully saturated rings. The first kappa shape index (κ1) is 21.6. The Labute approximate surface area is 188 Å². The van der Waals surface area contributed by atoms with Gasteiger partial charge in [-0.1, -0.05) is 24.3 Å². The van der Waals surface area contributed by atoms with Crippen LogP contribution in [0.2, 0.25) is 0 Å². The number of amides is 2. The molecule has 2 amide bonds. The average Bonchev–Trinajstić information content (AvgIpc) is 2.84. The van der Waals surface area contributed by atoms with E-state index in [0.29, 0.717) is 25.4 Å². The van der Waals surface area contributed by atoms with Crippen LogP contribution in [0.3, 0.4) is 0 Å². The van der Waals surface area contributed by atoms with Gasteiger partial charge in [0.2, 0.25) is 0 Å². The number of ether oxygens (including phenoxy) is 2. The molecule has 0 bridgehead atoms. The zero-order valence-corrected chi connectivity index (χ0v) is 18.2. The molecule has 1 aromatic heterocycles. The van der Waals surface area contributed by atoms with E-state index in [2.05, 4.69) is 27.3 Å². The summed E-state index contributed by atoms with van der Waals surface area (Å²) in [6.45, 7) is 4.36. The molecular formula is C25H28N4O3. The minimum absolute atomic E-state index is 0.0782. The maximum absolute atomic E-state index is 12.5. The number of rotatable bonds is 7. The van der Waals surface area contributed by atoms with Gasteiger partial charge in [-0.15, -0.1) is 0 Å². The van der Waals surface area contributed by atoms with Crippen LogP contribution in [0.1, 0.15) is 11.1 Å². The summed E-state index contributed by atoms with van der Waals surface area (Å²) in [6.07, 6.45) is 3.34. The number of carbonyl (C=O) groups excluding carboxylic acids is 1. The van der Waals surface area contributed by atoms with E-state index in [-0.39, 0.29) is 6.03 Å². The molecule has 2 aromatic carbocycles. The maximum atomic E-state index is 12.5. The largest absolute Gasteiger partial charge is 0.497 e. The fourth-order valence-corrected chi connectivity index (χ4v) is 3.67. The van der Waals surface area contributed by atoms with Crippen LogP contribution in [-0.4, -0.2) is 54.1 Å². The lowest BCUT2D eigenvalue weighted by Gasteiger charge is -2.34. The Kier molecular flexibility index (Phi) is 7.19. The second kappa shape index (κ2) is 10.6. The Bertz CT molecular complexity index is 1020. The number of benzene rings is 2. The van der Waals surface area contributed by atoms with Crippen molar-refractivity contribution in [2.45, 2.75) is 13.2 Å². The van der Waals surface area contributed by atoms with E-state index in [1.165, 1.54) is 5.56 Å². The van der Waals surface area contributed by atoms with Gasteiger partial charge in [0.1, 0.15) is 18.1 Å². The van der Waals surface area contributed by atoms with Crippen LogP contribution >= 0.6 is 0 Å². The molecule has 7 nitrogen and oxygen atoms in total. The van der Waals surface area contributed by atoms with Crippen molar-refractivity contribution in [3.8, 4) is 11.5 Å². The van der Waals surface area contributed by atoms with Gasteiger partial charge in [-0.05, 0) is 47.5 Å². The van der Waals surface area contributed by atoms with Crippen molar-refractivity contribution in [2.24, 2.45) is 0 Å². The number of urea groups is 1. The van der Waals surface area contributed by atoms with Crippen LogP contribution in [0.5, 0.6) is 11.5 Å². The number of piperazine rings is 1. The van der Waals surface area contributed by atoms with Crippen molar-refractivity contribution in [3.63, 3.8) is 0 Å². The predicted octanol–water partition coefficient (Wildman–Crippen LogP) is 4.02. The minimum Gasteiger partial charge on any atom is -0.497 e. The molecule has 0 atom stereocenters. The maximum Gasteiger partial charge on any atom is 0.321 e. The number of pyridine rings is 1. The van der Waals surface area contributed by atoms with Crippen molar-refractivity contribution in [2.75, 3.05) is 38.6 Å². The lowest BCUT2D eigenvalue weighted by molar-refractivity contribution is 0.143. The molecule has 0 spiro atoms. The van der Waals surface area contributed by atoms with Crippen LogP contribution in [0.4, 0.5) is 10.5 Å². The number of anilines is 1. The Morgan fingerprint density at radius 3 is 2.47 bits per heavy atom. The predicted molar refractivity (Wildman–Crippen MR) is 124 cm³/mol. The Morgan fingerprint density at radius 1 is 0.969 bits per heavy atom. The molecule has 32 heavy (non-hydrogen) atoms. The summed E-state index contributed by atoms with van der Waals surface area (Å²) < 4.78 is 11.3. The fourth-order valence-electron chi connectivity index (χ4n) is 3.67. The van der Waals surface area contributed by atoms with Gasteiger partial charge in [-0.25, -0.2) is 4.79 Å². The summed E-state index contributed by atoms with van der Waals surface area (Å²) in [5, 5.41) is 2.90. The fraction of sp³-hybridized carbons (Fsp3) is 0.280. The van der Waals surface area contributed by atoms with E-state index in [1.807, 2.05) is 53.4 Å². The molecular weight excluding hydrogens is 404 g/mol. The quantitative estimate of drug-likeness (QED) is 0.611. The number of aromatic nitrogens is 1. The van der Waals surface area contributed by atoms with Crippen LogP contribution in [0.25, 0.3) is 0 Å². The zero-order chi connectivity index (χ0) is 22.2. The van der Waals surface area contributed by atoms with E-state index in [0.717, 1.165) is 36.7 Å². The average molecular weight is 433 g/mol. The molecule has 1 aliphatic heterocycles. The van der Waals surface area contributed by atoms with Gasteiger partial charge in [0.15, 0.2) is 0 Å². The van der Waals surface area contributed by atoms with Gasteiger partial charge >= 0.3 is 6.03 Å². The summed E-state index contributed by atoms with van der Waals surface area (Å²) >= 11 is 0. The van der Waals surface area contributed by atoms with Crippen molar-refractivity contribution in [1.29, 1.82) is 0 Å². The van der Waals surface area contributed by atoms with Gasteiger partial charge in [0.05, 0.1) is 19.0 Å². The first-order valence-corrected chi connectivity index (χ1v) is 10.7. The third kappa shape index (κ3) is 5.98. The van der Waals surface area contributed by atoms with Crippen molar-refractivity contribution < 1.29 is 14.3 Å². The van der Waals surface area contributed by atoms with E-state index in [9.17, 15) is 4.79 Å². The number of methoxy groups -OCH3 is 1. The van der Waals surface area contributed by atoms with Gasteiger partial charge in [0.25, 0.3) is 0 Å². The summed E-state index contributed by atoms with van der Waals surface area (Å²) in [4.78, 5) is 20.7. The molecule has 2 heterocycles. The number of nitrogens with one attached hydrogen (secondary N) is 1. The second-order valence-electron chi connectivity index (χ2n) is 7.72. The smallest absolute Gasteiger partial charge is 0.321 e. The van der Waals surface area contributed by atoms with Gasteiger partial charge in [-0.2, -0.15) is 0 Å². The molecule has 4 rings (SSSR count). The number of nitrogens with zero attached hydrogens (tertiary/aromatic N) is 3. The lowest BCUT2D eigenvalue weighted by atomic mass is 10.2. The lowest BCUT2D eigenvalue weighted by Crippen LogP contribution is -2.49. The number of hydrogen-bond acceptors (Lipinski definition) is 5. The van der Waals surface area contributed by atoms with E-state index in [1.54, 1.807) is 19.5 Å². The third-order valence-electron chi connectivity index (χ3n) is 5.42.